The maximum Gasteiger partial charge on any atom is 0.166 e. The molecule has 0 saturated heterocycles. The molecule has 0 heterocycles. The smallest absolute Gasteiger partial charge is 0.166 e. The van der Waals surface area contributed by atoms with Gasteiger partial charge in [-0.1, -0.05) is 62.3 Å². The lowest BCUT2D eigenvalue weighted by Crippen LogP contribution is -1.95. The number of benzene rings is 4. The zero-order valence-corrected chi connectivity index (χ0v) is 19.2. The Morgan fingerprint density at radius 2 is 1.43 bits per heavy atom. The number of rotatable bonds is 6. The summed E-state index contributed by atoms with van der Waals surface area (Å²) in [5.74, 6) is 0.835. The lowest BCUT2D eigenvalue weighted by atomic mass is 9.99. The van der Waals surface area contributed by atoms with Crippen molar-refractivity contribution < 1.29 is 22.0 Å². The van der Waals surface area contributed by atoms with Crippen LogP contribution in [0.2, 0.25) is 0 Å². The van der Waals surface area contributed by atoms with Crippen LogP contribution >= 0.6 is 0 Å². The average molecular weight is 479 g/mol. The zero-order chi connectivity index (χ0) is 24.9. The van der Waals surface area contributed by atoms with Gasteiger partial charge in [-0.2, -0.15) is 0 Å². The minimum atomic E-state index is -0.966. The van der Waals surface area contributed by atoms with E-state index in [0.29, 0.717) is 10.9 Å². The van der Waals surface area contributed by atoms with Crippen molar-refractivity contribution in [3.63, 3.8) is 0 Å². The molecule has 0 amide bonds. The molecule has 4 aromatic carbocycles. The lowest BCUT2D eigenvalue weighted by Gasteiger charge is -2.08. The Labute approximate surface area is 201 Å². The molecule has 35 heavy (non-hydrogen) atoms. The predicted octanol–water partition coefficient (Wildman–Crippen LogP) is 8.72. The Balaban J connectivity index is 1.58. The van der Waals surface area contributed by atoms with Crippen molar-refractivity contribution in [1.29, 1.82) is 0 Å². The predicted molar refractivity (Wildman–Crippen MR) is 129 cm³/mol. The molecule has 0 radical (unpaired) electrons. The van der Waals surface area contributed by atoms with Crippen LogP contribution in [0.25, 0.3) is 21.9 Å². The van der Waals surface area contributed by atoms with Crippen molar-refractivity contribution in [2.75, 3.05) is 0 Å². The van der Waals surface area contributed by atoms with Gasteiger partial charge in [0.15, 0.2) is 11.6 Å². The lowest BCUT2D eigenvalue weighted by molar-refractivity contribution is 0.517. The monoisotopic (exact) mass is 478 g/mol. The van der Waals surface area contributed by atoms with Crippen LogP contribution in [0, 0.1) is 40.9 Å². The summed E-state index contributed by atoms with van der Waals surface area (Å²) in [7, 11) is 0. The Morgan fingerprint density at radius 1 is 0.657 bits per heavy atom. The van der Waals surface area contributed by atoms with Crippen LogP contribution in [0.4, 0.5) is 22.0 Å². The molecule has 0 fully saturated rings. The SMILES string of the molecule is CCCCCCc1ccc(-c2cc(F)c(C#Cc3ccc4c(F)c(F)ccc4c3)c(F)c2)c(F)c1. The van der Waals surface area contributed by atoms with Crippen LogP contribution < -0.4 is 0 Å². The van der Waals surface area contributed by atoms with Crippen LogP contribution in [-0.4, -0.2) is 0 Å². The van der Waals surface area contributed by atoms with Gasteiger partial charge >= 0.3 is 0 Å². The van der Waals surface area contributed by atoms with E-state index in [2.05, 4.69) is 18.8 Å². The first-order valence-electron chi connectivity index (χ1n) is 11.5. The van der Waals surface area contributed by atoms with E-state index in [1.165, 1.54) is 30.3 Å². The van der Waals surface area contributed by atoms with Crippen molar-refractivity contribution in [2.45, 2.75) is 39.0 Å². The van der Waals surface area contributed by atoms with Gasteiger partial charge in [-0.25, -0.2) is 22.0 Å². The number of aryl methyl sites for hydroxylation is 1. The molecule has 0 aromatic heterocycles. The maximum absolute atomic E-state index is 14.7. The van der Waals surface area contributed by atoms with Gasteiger partial charge in [-0.15, -0.1) is 0 Å². The first-order valence-corrected chi connectivity index (χ1v) is 11.5. The average Bonchev–Trinajstić information content (AvgIpc) is 2.83. The fourth-order valence-electron chi connectivity index (χ4n) is 4.03. The second-order valence-corrected chi connectivity index (χ2v) is 8.49. The molecular formula is C30H23F5. The molecule has 0 unspecified atom stereocenters. The topological polar surface area (TPSA) is 0 Å². The van der Waals surface area contributed by atoms with Gasteiger partial charge in [0.1, 0.15) is 17.5 Å². The highest BCUT2D eigenvalue weighted by Crippen LogP contribution is 2.28. The molecule has 0 spiro atoms. The quantitative estimate of drug-likeness (QED) is 0.148. The van der Waals surface area contributed by atoms with Crippen LogP contribution in [0.3, 0.4) is 0 Å². The van der Waals surface area contributed by atoms with Crippen molar-refractivity contribution in [3.8, 4) is 23.0 Å². The van der Waals surface area contributed by atoms with Gasteiger partial charge in [-0.3, -0.25) is 0 Å². The highest BCUT2D eigenvalue weighted by molar-refractivity contribution is 5.84. The number of unbranched alkanes of at least 4 members (excludes halogenated alkanes) is 3. The van der Waals surface area contributed by atoms with E-state index in [1.807, 2.05) is 0 Å². The third kappa shape index (κ3) is 5.54. The van der Waals surface area contributed by atoms with E-state index in [1.54, 1.807) is 12.1 Å². The number of halogens is 5. The van der Waals surface area contributed by atoms with Gasteiger partial charge in [0.05, 0.1) is 5.56 Å². The summed E-state index contributed by atoms with van der Waals surface area (Å²) >= 11 is 0. The summed E-state index contributed by atoms with van der Waals surface area (Å²) in [6.45, 7) is 2.12. The first kappa shape index (κ1) is 24.5. The number of fused-ring (bicyclic) bond motifs is 1. The molecular weight excluding hydrogens is 455 g/mol. The molecule has 0 aliphatic carbocycles. The summed E-state index contributed by atoms with van der Waals surface area (Å²) < 4.78 is 71.4. The molecule has 4 aromatic rings. The molecule has 0 aliphatic heterocycles. The third-order valence-corrected chi connectivity index (χ3v) is 5.94. The van der Waals surface area contributed by atoms with Crippen molar-refractivity contribution in [2.24, 2.45) is 0 Å². The highest BCUT2D eigenvalue weighted by Gasteiger charge is 2.14. The molecule has 0 bridgehead atoms. The Morgan fingerprint density at radius 3 is 2.14 bits per heavy atom. The van der Waals surface area contributed by atoms with E-state index in [-0.39, 0.29) is 16.5 Å². The van der Waals surface area contributed by atoms with Crippen LogP contribution in [0.15, 0.2) is 60.7 Å². The summed E-state index contributed by atoms with van der Waals surface area (Å²) in [5, 5.41) is 0.502. The Bertz CT molecular complexity index is 1420. The summed E-state index contributed by atoms with van der Waals surface area (Å²) in [6.07, 6.45) is 5.05. The normalized spacial score (nSPS) is 10.9. The molecule has 0 saturated carbocycles. The largest absolute Gasteiger partial charge is 0.206 e. The van der Waals surface area contributed by atoms with Gasteiger partial charge in [-0.05, 0) is 65.8 Å². The fraction of sp³-hybridized carbons (Fsp3) is 0.200. The minimum Gasteiger partial charge on any atom is -0.206 e. The maximum atomic E-state index is 14.7. The molecule has 178 valence electrons. The fourth-order valence-corrected chi connectivity index (χ4v) is 4.03. The molecule has 5 heteroatoms. The third-order valence-electron chi connectivity index (χ3n) is 5.94. The Kier molecular flexibility index (Phi) is 7.51. The van der Waals surface area contributed by atoms with Crippen molar-refractivity contribution >= 4 is 10.8 Å². The molecule has 0 atom stereocenters. The van der Waals surface area contributed by atoms with E-state index in [9.17, 15) is 22.0 Å². The van der Waals surface area contributed by atoms with E-state index < -0.39 is 34.6 Å². The van der Waals surface area contributed by atoms with Crippen LogP contribution in [-0.2, 0) is 6.42 Å². The number of hydrogen-bond acceptors (Lipinski definition) is 0. The second kappa shape index (κ2) is 10.7. The summed E-state index contributed by atoms with van der Waals surface area (Å²) in [6, 6.07) is 13.6. The minimum absolute atomic E-state index is 0.0868. The van der Waals surface area contributed by atoms with E-state index >= 15 is 0 Å². The molecule has 4 rings (SSSR count). The van der Waals surface area contributed by atoms with E-state index in [4.69, 9.17) is 0 Å². The standard InChI is InChI=1S/C30H23F5/c1-2-3-4-5-6-19-7-11-23(27(32)16-19)22-17-28(33)25(29(34)18-22)13-9-20-8-12-24-21(15-20)10-14-26(31)30(24)35/h7-8,10-12,14-18H,2-6H2,1H3. The van der Waals surface area contributed by atoms with Gasteiger partial charge < -0.3 is 0 Å². The second-order valence-electron chi connectivity index (χ2n) is 8.49. The van der Waals surface area contributed by atoms with Gasteiger partial charge in [0.2, 0.25) is 0 Å². The van der Waals surface area contributed by atoms with Gasteiger partial charge in [0.25, 0.3) is 0 Å². The number of hydrogen-bond donors (Lipinski definition) is 0. The summed E-state index contributed by atoms with van der Waals surface area (Å²) in [4.78, 5) is 0. The van der Waals surface area contributed by atoms with Crippen LogP contribution in [0.5, 0.6) is 0 Å². The van der Waals surface area contributed by atoms with Crippen LogP contribution in [0.1, 0.15) is 49.3 Å². The Hall–Kier alpha value is -3.65. The molecule has 0 aliphatic rings. The summed E-state index contributed by atoms with van der Waals surface area (Å²) in [5.41, 5.74) is 0.982. The van der Waals surface area contributed by atoms with Crippen molar-refractivity contribution in [1.82, 2.24) is 0 Å². The van der Waals surface area contributed by atoms with E-state index in [0.717, 1.165) is 55.9 Å². The first-order chi connectivity index (χ1) is 16.9. The van der Waals surface area contributed by atoms with Gasteiger partial charge in [0, 0.05) is 16.5 Å². The highest BCUT2D eigenvalue weighted by atomic mass is 19.2. The molecule has 0 N–H and O–H groups in total. The van der Waals surface area contributed by atoms with Crippen molar-refractivity contribution in [3.05, 3.63) is 106 Å². The zero-order valence-electron chi connectivity index (χ0n) is 19.2. The molecule has 0 nitrogen and oxygen atoms in total.